The number of esters is 1. The summed E-state index contributed by atoms with van der Waals surface area (Å²) in [5.74, 6) is -0.334. The highest BCUT2D eigenvalue weighted by Crippen LogP contribution is 2.44. The number of hydrogen-bond acceptors (Lipinski definition) is 9. The molecular weight excluding hydrogens is 478 g/mol. The number of aliphatic hydroxyl groups excluding tert-OH is 1. The van der Waals surface area contributed by atoms with Gasteiger partial charge in [-0.1, -0.05) is 17.4 Å². The molecule has 0 saturated carbocycles. The molecule has 1 unspecified atom stereocenters. The Balaban J connectivity index is 1.22. The number of amides is 1. The van der Waals surface area contributed by atoms with Crippen molar-refractivity contribution in [3.63, 3.8) is 0 Å². The van der Waals surface area contributed by atoms with Gasteiger partial charge in [0, 0.05) is 31.3 Å². The Morgan fingerprint density at radius 2 is 2.00 bits per heavy atom. The average Bonchev–Trinajstić information content (AvgIpc) is 3.48. The number of hydrogen-bond donors (Lipinski definition) is 1. The fourth-order valence-corrected chi connectivity index (χ4v) is 6.97. The molecule has 11 heteroatoms. The van der Waals surface area contributed by atoms with Gasteiger partial charge in [0.2, 0.25) is 5.91 Å². The molecule has 1 atom stereocenters. The first-order valence-corrected chi connectivity index (χ1v) is 13.9. The van der Waals surface area contributed by atoms with Crippen LogP contribution in [-0.2, 0) is 26.0 Å². The first kappa shape index (κ1) is 23.4. The lowest BCUT2D eigenvalue weighted by Gasteiger charge is -2.39. The molecule has 3 aliphatic heterocycles. The Bertz CT molecular complexity index is 1260. The summed E-state index contributed by atoms with van der Waals surface area (Å²) >= 11 is 1.04. The van der Waals surface area contributed by atoms with Crippen LogP contribution in [0.1, 0.15) is 52.4 Å². The van der Waals surface area contributed by atoms with Gasteiger partial charge in [0.05, 0.1) is 17.9 Å². The van der Waals surface area contributed by atoms with E-state index in [1.807, 2.05) is 13.0 Å². The largest absolute Gasteiger partial charge is 0.457 e. The minimum absolute atomic E-state index is 0.0200. The molecular formula is C23H27N3O6S2. The van der Waals surface area contributed by atoms with E-state index in [9.17, 15) is 23.1 Å². The second-order valence-corrected chi connectivity index (χ2v) is 12.8. The zero-order valence-electron chi connectivity index (χ0n) is 19.1. The van der Waals surface area contributed by atoms with E-state index in [1.165, 1.54) is 6.20 Å². The molecule has 34 heavy (non-hydrogen) atoms. The van der Waals surface area contributed by atoms with Crippen molar-refractivity contribution in [3.8, 4) is 0 Å². The monoisotopic (exact) mass is 505 g/mol. The van der Waals surface area contributed by atoms with Gasteiger partial charge in [-0.25, -0.2) is 18.2 Å². The summed E-state index contributed by atoms with van der Waals surface area (Å²) in [4.78, 5) is 32.6. The second kappa shape index (κ2) is 8.40. The highest BCUT2D eigenvalue weighted by atomic mass is 32.2. The third-order valence-corrected chi connectivity index (χ3v) is 10.1. The molecule has 1 spiro atoms. The third-order valence-electron chi connectivity index (χ3n) is 7.30. The molecule has 5 rings (SSSR count). The van der Waals surface area contributed by atoms with Gasteiger partial charge < -0.3 is 14.7 Å². The summed E-state index contributed by atoms with van der Waals surface area (Å²) in [6, 6.07) is 3.54. The third kappa shape index (κ3) is 4.15. The Morgan fingerprint density at radius 3 is 2.68 bits per heavy atom. The fourth-order valence-electron chi connectivity index (χ4n) is 5.23. The molecule has 1 N–H and O–H groups in total. The van der Waals surface area contributed by atoms with Gasteiger partial charge in [-0.15, -0.1) is 0 Å². The summed E-state index contributed by atoms with van der Waals surface area (Å²) in [7, 11) is -3.35. The normalized spacial score (nSPS) is 21.2. The van der Waals surface area contributed by atoms with Gasteiger partial charge in [-0.05, 0) is 55.5 Å². The lowest BCUT2D eigenvalue weighted by Crippen LogP contribution is -2.43. The number of fused-ring (bicyclic) bond motifs is 1. The maximum atomic E-state index is 12.8. The smallest absolute Gasteiger partial charge is 0.338 e. The van der Waals surface area contributed by atoms with Crippen LogP contribution in [0.4, 0.5) is 5.13 Å². The van der Waals surface area contributed by atoms with Crippen LogP contribution in [0.15, 0.2) is 22.5 Å². The van der Waals surface area contributed by atoms with Crippen molar-refractivity contribution in [2.24, 2.45) is 5.41 Å². The molecule has 1 aromatic carbocycles. The zero-order chi connectivity index (χ0) is 24.3. The number of aromatic nitrogens is 1. The standard InChI is InChI=1S/C23H27N3O6S2/c1-14-15(3-4-16-17(14)12-32-21(16)29)18(27)11-25-7-5-23(6-8-25)9-19(28)26(13-23)22-24-10-20(33-22)34(2,30)31/h3-4,10,18,27H,5-9,11-13H2,1-2H3. The van der Waals surface area contributed by atoms with Crippen molar-refractivity contribution in [2.45, 2.75) is 43.1 Å². The molecule has 2 saturated heterocycles. The van der Waals surface area contributed by atoms with Crippen molar-refractivity contribution >= 4 is 38.2 Å². The molecule has 4 heterocycles. The quantitative estimate of drug-likeness (QED) is 0.614. The van der Waals surface area contributed by atoms with Gasteiger partial charge in [0.15, 0.2) is 15.0 Å². The van der Waals surface area contributed by atoms with Gasteiger partial charge in [0.25, 0.3) is 0 Å². The predicted octanol–water partition coefficient (Wildman–Crippen LogP) is 2.08. The number of anilines is 1. The van der Waals surface area contributed by atoms with Crippen LogP contribution in [0, 0.1) is 12.3 Å². The summed E-state index contributed by atoms with van der Waals surface area (Å²) in [6.45, 7) is 4.70. The molecule has 2 aromatic rings. The molecule has 0 bridgehead atoms. The summed E-state index contributed by atoms with van der Waals surface area (Å²) in [5, 5.41) is 11.4. The molecule has 0 aliphatic carbocycles. The number of cyclic esters (lactones) is 1. The molecule has 1 amide bonds. The number of ether oxygens (including phenoxy) is 1. The minimum Gasteiger partial charge on any atom is -0.457 e. The number of nitrogens with zero attached hydrogens (tertiary/aromatic N) is 3. The van der Waals surface area contributed by atoms with E-state index in [4.69, 9.17) is 4.74 Å². The van der Waals surface area contributed by atoms with Crippen LogP contribution in [0.5, 0.6) is 0 Å². The lowest BCUT2D eigenvalue weighted by atomic mass is 9.77. The van der Waals surface area contributed by atoms with Crippen LogP contribution in [-0.4, -0.2) is 67.7 Å². The topological polar surface area (TPSA) is 117 Å². The maximum absolute atomic E-state index is 12.8. The number of sulfone groups is 1. The number of benzene rings is 1. The van der Waals surface area contributed by atoms with Crippen LogP contribution in [0.3, 0.4) is 0 Å². The maximum Gasteiger partial charge on any atom is 0.338 e. The Hall–Kier alpha value is -2.34. The molecule has 2 fully saturated rings. The van der Waals surface area contributed by atoms with Crippen molar-refractivity contribution in [3.05, 3.63) is 40.6 Å². The summed E-state index contributed by atoms with van der Waals surface area (Å²) in [5.41, 5.74) is 2.98. The Kier molecular flexibility index (Phi) is 5.78. The van der Waals surface area contributed by atoms with E-state index in [0.717, 1.165) is 60.2 Å². The molecule has 1 aromatic heterocycles. The number of β-amino-alcohol motifs (C(OH)–C–C–N with tert-alkyl or cyclic N) is 1. The summed E-state index contributed by atoms with van der Waals surface area (Å²) < 4.78 is 28.8. The van der Waals surface area contributed by atoms with E-state index < -0.39 is 15.9 Å². The van der Waals surface area contributed by atoms with Crippen LogP contribution in [0.2, 0.25) is 0 Å². The van der Waals surface area contributed by atoms with E-state index >= 15 is 0 Å². The first-order chi connectivity index (χ1) is 16.1. The second-order valence-electron chi connectivity index (χ2n) is 9.59. The van der Waals surface area contributed by atoms with Gasteiger partial charge in [0.1, 0.15) is 10.8 Å². The average molecular weight is 506 g/mol. The van der Waals surface area contributed by atoms with Crippen molar-refractivity contribution < 1.29 is 27.9 Å². The van der Waals surface area contributed by atoms with Crippen molar-refractivity contribution in [1.82, 2.24) is 9.88 Å². The number of rotatable bonds is 5. The number of carbonyl (C=O) groups excluding carboxylic acids is 2. The van der Waals surface area contributed by atoms with Crippen LogP contribution in [0.25, 0.3) is 0 Å². The number of aliphatic hydroxyl groups is 1. The Morgan fingerprint density at radius 1 is 1.26 bits per heavy atom. The van der Waals surface area contributed by atoms with Crippen LogP contribution < -0.4 is 4.90 Å². The number of thiazole rings is 1. The van der Waals surface area contributed by atoms with E-state index in [0.29, 0.717) is 30.2 Å². The van der Waals surface area contributed by atoms with Crippen molar-refractivity contribution in [2.75, 3.05) is 37.3 Å². The zero-order valence-corrected chi connectivity index (χ0v) is 20.7. The van der Waals surface area contributed by atoms with Gasteiger partial charge >= 0.3 is 5.97 Å². The van der Waals surface area contributed by atoms with E-state index in [-0.39, 0.29) is 28.1 Å². The molecule has 0 radical (unpaired) electrons. The lowest BCUT2D eigenvalue weighted by molar-refractivity contribution is -0.118. The fraction of sp³-hybridized carbons (Fsp3) is 0.522. The minimum atomic E-state index is -3.35. The van der Waals surface area contributed by atoms with Crippen LogP contribution >= 0.6 is 11.3 Å². The summed E-state index contributed by atoms with van der Waals surface area (Å²) in [6.07, 6.45) is 3.84. The van der Waals surface area contributed by atoms with E-state index in [2.05, 4.69) is 9.88 Å². The van der Waals surface area contributed by atoms with Gasteiger partial charge in [-0.3, -0.25) is 9.69 Å². The van der Waals surface area contributed by atoms with Crippen molar-refractivity contribution in [1.29, 1.82) is 0 Å². The molecule has 182 valence electrons. The molecule has 9 nitrogen and oxygen atoms in total. The SMILES string of the molecule is Cc1c(C(O)CN2CCC3(CC2)CC(=O)N(c2ncc(S(C)(=O)=O)s2)C3)ccc2c1COC2=O. The first-order valence-electron chi connectivity index (χ1n) is 11.2. The number of carbonyl (C=O) groups is 2. The highest BCUT2D eigenvalue weighted by Gasteiger charge is 2.46. The van der Waals surface area contributed by atoms with Gasteiger partial charge in [-0.2, -0.15) is 0 Å². The molecule has 3 aliphatic rings. The predicted molar refractivity (Wildman–Crippen MR) is 126 cm³/mol. The van der Waals surface area contributed by atoms with E-state index in [1.54, 1.807) is 11.0 Å². The number of piperidine rings is 1. The Labute approximate surface area is 202 Å². The number of likely N-dealkylation sites (tertiary alicyclic amines) is 1. The highest BCUT2D eigenvalue weighted by molar-refractivity contribution is 7.92.